The lowest BCUT2D eigenvalue weighted by atomic mass is 10.2. The SMILES string of the molecule is COC(=O)C[N+](C=O)(CSc1nc(C(C)(C)SC)nn1C(=O)N(C)C)c1ccccc1. The van der Waals surface area contributed by atoms with Crippen LogP contribution in [0.15, 0.2) is 35.5 Å². The number of esters is 1. The summed E-state index contributed by atoms with van der Waals surface area (Å²) in [4.78, 5) is 43.1. The Morgan fingerprint density at radius 1 is 1.26 bits per heavy atom. The maximum Gasteiger partial charge on any atom is 0.362 e. The van der Waals surface area contributed by atoms with Gasteiger partial charge in [-0.15, -0.1) is 5.10 Å². The fourth-order valence-electron chi connectivity index (χ4n) is 2.58. The van der Waals surface area contributed by atoms with E-state index in [1.165, 1.54) is 28.5 Å². The molecule has 1 atom stereocenters. The number of hydrogen-bond acceptors (Lipinski definition) is 8. The summed E-state index contributed by atoms with van der Waals surface area (Å²) in [5.41, 5.74) is 0.630. The Kier molecular flexibility index (Phi) is 8.27. The van der Waals surface area contributed by atoms with Gasteiger partial charge in [0.05, 0.1) is 11.9 Å². The minimum absolute atomic E-state index is 0.126. The van der Waals surface area contributed by atoms with Crippen LogP contribution < -0.4 is 4.48 Å². The topological polar surface area (TPSA) is 94.4 Å². The maximum absolute atomic E-state index is 12.7. The van der Waals surface area contributed by atoms with Gasteiger partial charge in [0.1, 0.15) is 11.6 Å². The van der Waals surface area contributed by atoms with Crippen molar-refractivity contribution in [1.29, 1.82) is 0 Å². The van der Waals surface area contributed by atoms with Gasteiger partial charge in [-0.05, 0) is 44.0 Å². The second-order valence-corrected chi connectivity index (χ2v) is 9.84. The summed E-state index contributed by atoms with van der Waals surface area (Å²) in [5, 5.41) is 4.78. The predicted octanol–water partition coefficient (Wildman–Crippen LogP) is 2.79. The van der Waals surface area contributed by atoms with Crippen molar-refractivity contribution >= 4 is 47.6 Å². The van der Waals surface area contributed by atoms with E-state index in [1.54, 1.807) is 50.1 Å². The lowest BCUT2D eigenvalue weighted by Gasteiger charge is -2.29. The van der Waals surface area contributed by atoms with Crippen LogP contribution in [0.5, 0.6) is 0 Å². The predicted molar refractivity (Wildman–Crippen MR) is 123 cm³/mol. The van der Waals surface area contributed by atoms with Crippen LogP contribution in [0.2, 0.25) is 0 Å². The van der Waals surface area contributed by atoms with Gasteiger partial charge in [-0.25, -0.2) is 23.9 Å². The average molecular weight is 467 g/mol. The summed E-state index contributed by atoms with van der Waals surface area (Å²) in [6.07, 6.45) is 2.65. The highest BCUT2D eigenvalue weighted by Gasteiger charge is 2.36. The number of benzene rings is 1. The van der Waals surface area contributed by atoms with Crippen molar-refractivity contribution in [3.8, 4) is 0 Å². The number of aromatic nitrogens is 3. The molecule has 9 nitrogen and oxygen atoms in total. The van der Waals surface area contributed by atoms with Gasteiger partial charge in [-0.3, -0.25) is 0 Å². The number of thioether (sulfide) groups is 2. The number of para-hydroxylation sites is 1. The molecule has 0 bridgehead atoms. The van der Waals surface area contributed by atoms with Crippen LogP contribution in [-0.4, -0.2) is 78.0 Å². The smallest absolute Gasteiger partial charge is 0.362 e. The molecule has 0 fully saturated rings. The fourth-order valence-corrected chi connectivity index (χ4v) is 3.89. The molecule has 0 aliphatic rings. The highest BCUT2D eigenvalue weighted by Crippen LogP contribution is 2.34. The van der Waals surface area contributed by atoms with E-state index in [0.29, 0.717) is 23.1 Å². The van der Waals surface area contributed by atoms with Gasteiger partial charge in [-0.1, -0.05) is 18.2 Å². The first-order valence-corrected chi connectivity index (χ1v) is 11.6. The van der Waals surface area contributed by atoms with Gasteiger partial charge in [0.2, 0.25) is 5.16 Å². The Bertz CT molecular complexity index is 933. The van der Waals surface area contributed by atoms with Crippen LogP contribution in [0, 0.1) is 0 Å². The molecule has 0 spiro atoms. The largest absolute Gasteiger partial charge is 0.465 e. The molecule has 168 valence electrons. The van der Waals surface area contributed by atoms with Gasteiger partial charge in [0.25, 0.3) is 0 Å². The van der Waals surface area contributed by atoms with Crippen LogP contribution in [0.25, 0.3) is 0 Å². The third-order valence-corrected chi connectivity index (χ3v) is 7.04. The number of carbonyl (C=O) groups is 3. The van der Waals surface area contributed by atoms with E-state index in [1.807, 2.05) is 26.2 Å². The van der Waals surface area contributed by atoms with E-state index in [2.05, 4.69) is 10.1 Å². The monoisotopic (exact) mass is 466 g/mol. The van der Waals surface area contributed by atoms with Crippen LogP contribution in [0.4, 0.5) is 10.5 Å². The Balaban J connectivity index is 2.47. The Morgan fingerprint density at radius 3 is 2.42 bits per heavy atom. The zero-order valence-corrected chi connectivity index (χ0v) is 20.2. The Labute approximate surface area is 190 Å². The lowest BCUT2D eigenvalue weighted by molar-refractivity contribution is -0.143. The van der Waals surface area contributed by atoms with Crippen molar-refractivity contribution in [2.45, 2.75) is 23.8 Å². The van der Waals surface area contributed by atoms with Gasteiger partial charge in [0, 0.05) is 14.1 Å². The Hall–Kier alpha value is -2.37. The highest BCUT2D eigenvalue weighted by atomic mass is 32.2. The van der Waals surface area contributed by atoms with Gasteiger partial charge in [-0.2, -0.15) is 16.4 Å². The van der Waals surface area contributed by atoms with E-state index in [0.717, 1.165) is 0 Å². The van der Waals surface area contributed by atoms with Gasteiger partial charge >= 0.3 is 18.4 Å². The molecular formula is C20H28N5O4S2+. The number of amides is 2. The first-order valence-electron chi connectivity index (χ1n) is 9.43. The molecule has 31 heavy (non-hydrogen) atoms. The van der Waals surface area contributed by atoms with Gasteiger partial charge in [0.15, 0.2) is 12.4 Å². The lowest BCUT2D eigenvalue weighted by Crippen LogP contribution is -2.51. The normalized spacial score (nSPS) is 13.4. The molecule has 0 aliphatic heterocycles. The van der Waals surface area contributed by atoms with Crippen molar-refractivity contribution < 1.29 is 19.1 Å². The molecule has 1 aromatic heterocycles. The summed E-state index contributed by atoms with van der Waals surface area (Å²) in [6, 6.07) is 8.62. The number of hydrogen-bond donors (Lipinski definition) is 0. The minimum atomic E-state index is -0.522. The molecule has 2 aromatic rings. The maximum atomic E-state index is 12.7. The molecule has 0 N–H and O–H groups in total. The summed E-state index contributed by atoms with van der Waals surface area (Å²) in [5.74, 6) is 0.113. The molecule has 0 aliphatic carbocycles. The van der Waals surface area contributed by atoms with Gasteiger partial charge < -0.3 is 9.64 Å². The minimum Gasteiger partial charge on any atom is -0.465 e. The molecule has 0 saturated heterocycles. The third-order valence-electron chi connectivity index (χ3n) is 4.73. The molecule has 1 heterocycles. The zero-order chi connectivity index (χ0) is 23.2. The van der Waals surface area contributed by atoms with Crippen molar-refractivity contribution in [1.82, 2.24) is 24.1 Å². The number of carbonyl (C=O) groups excluding carboxylic acids is 3. The average Bonchev–Trinajstić information content (AvgIpc) is 3.21. The second kappa shape index (κ2) is 10.3. The van der Waals surface area contributed by atoms with E-state index in [9.17, 15) is 14.4 Å². The zero-order valence-electron chi connectivity index (χ0n) is 18.6. The number of nitrogens with zero attached hydrogens (tertiary/aromatic N) is 5. The number of ether oxygens (including phenoxy) is 1. The van der Waals surface area contributed by atoms with E-state index in [-0.39, 0.29) is 22.9 Å². The Morgan fingerprint density at radius 2 is 1.90 bits per heavy atom. The van der Waals surface area contributed by atoms with Crippen molar-refractivity contribution in [2.24, 2.45) is 0 Å². The molecule has 2 rings (SSSR count). The van der Waals surface area contributed by atoms with Crippen LogP contribution in [0.1, 0.15) is 19.7 Å². The molecule has 11 heteroatoms. The summed E-state index contributed by atoms with van der Waals surface area (Å²) in [6.45, 7) is 3.76. The quantitative estimate of drug-likeness (QED) is 0.183. The number of rotatable bonds is 9. The van der Waals surface area contributed by atoms with Crippen molar-refractivity contribution in [3.05, 3.63) is 36.2 Å². The molecular weight excluding hydrogens is 438 g/mol. The van der Waals surface area contributed by atoms with Crippen LogP contribution in [-0.2, 0) is 19.1 Å². The molecule has 0 radical (unpaired) electrons. The first kappa shape index (κ1) is 24.9. The second-order valence-electron chi connectivity index (χ2n) is 7.50. The standard InChI is InChI=1S/C20H28N5O4S2/c1-20(2,30-6)17-21-18(24(22-17)19(28)23(3)4)31-14-25(13-26,12-16(27)29-5)15-10-8-7-9-11-15/h7-11,13H,12,14H2,1-6H3/q+1. The first-order chi connectivity index (χ1) is 14.6. The molecule has 2 amide bonds. The molecule has 1 aromatic carbocycles. The summed E-state index contributed by atoms with van der Waals surface area (Å²) >= 11 is 2.75. The van der Waals surface area contributed by atoms with E-state index < -0.39 is 10.7 Å². The summed E-state index contributed by atoms with van der Waals surface area (Å²) in [7, 11) is 4.54. The van der Waals surface area contributed by atoms with Crippen LogP contribution >= 0.6 is 23.5 Å². The number of quaternary nitrogens is 1. The summed E-state index contributed by atoms with van der Waals surface area (Å²) < 4.78 is 5.33. The third kappa shape index (κ3) is 5.66. The van der Waals surface area contributed by atoms with Crippen molar-refractivity contribution in [3.63, 3.8) is 0 Å². The molecule has 0 saturated carbocycles. The fraction of sp³-hybridized carbons (Fsp3) is 0.450. The molecule has 1 unspecified atom stereocenters. The van der Waals surface area contributed by atoms with E-state index in [4.69, 9.17) is 4.74 Å². The van der Waals surface area contributed by atoms with Crippen molar-refractivity contribution in [2.75, 3.05) is 39.9 Å². The number of methoxy groups -OCH3 is 1. The van der Waals surface area contributed by atoms with E-state index >= 15 is 0 Å². The van der Waals surface area contributed by atoms with Crippen LogP contribution in [0.3, 0.4) is 0 Å². The highest BCUT2D eigenvalue weighted by molar-refractivity contribution is 7.99.